The third-order valence-corrected chi connectivity index (χ3v) is 0.754. The fourth-order valence-corrected chi connectivity index (χ4v) is 0.366. The molecule has 3 N–H and O–H groups in total. The predicted octanol–water partition coefficient (Wildman–Crippen LogP) is 0.220. The molecule has 0 rings (SSSR count). The molecule has 0 aliphatic rings. The second-order valence-corrected chi connectivity index (χ2v) is 1.79. The van der Waals surface area contributed by atoms with Crippen LogP contribution < -0.4 is 11.2 Å². The van der Waals surface area contributed by atoms with Crippen molar-refractivity contribution in [2.45, 2.75) is 6.92 Å². The van der Waals surface area contributed by atoms with Crippen LogP contribution in [0.25, 0.3) is 0 Å². The fraction of sp³-hybridized carbons (Fsp3) is 0.143. The van der Waals surface area contributed by atoms with Gasteiger partial charge in [-0.25, -0.2) is 10.2 Å². The average molecular weight is 151 g/mol. The molecule has 2 amide bonds. The Morgan fingerprint density at radius 1 is 1.82 bits per heavy atom. The molecule has 0 atom stereocenters. The molecular formula is C7H9N3O. The van der Waals surface area contributed by atoms with Gasteiger partial charge in [0.1, 0.15) is 0 Å². The summed E-state index contributed by atoms with van der Waals surface area (Å²) in [6.07, 6.45) is 7.89. The maximum atomic E-state index is 10.1. The van der Waals surface area contributed by atoms with E-state index in [9.17, 15) is 4.79 Å². The Bertz CT molecular complexity index is 235. The quantitative estimate of drug-likeness (QED) is 0.331. The number of hydrogen-bond donors (Lipinski definition) is 2. The van der Waals surface area contributed by atoms with Crippen LogP contribution in [-0.2, 0) is 0 Å². The van der Waals surface area contributed by atoms with E-state index in [1.54, 1.807) is 6.92 Å². The number of allylic oxidation sites excluding steroid dienone is 2. The van der Waals surface area contributed by atoms with Gasteiger partial charge in [-0.2, -0.15) is 5.10 Å². The molecule has 0 unspecified atom stereocenters. The van der Waals surface area contributed by atoms with E-state index in [1.165, 1.54) is 12.3 Å². The van der Waals surface area contributed by atoms with Gasteiger partial charge in [-0.05, 0) is 18.6 Å². The molecule has 0 saturated heterocycles. The van der Waals surface area contributed by atoms with E-state index < -0.39 is 6.03 Å². The smallest absolute Gasteiger partial charge is 0.332 e. The van der Waals surface area contributed by atoms with Crippen LogP contribution in [0.5, 0.6) is 0 Å². The first-order valence-electron chi connectivity index (χ1n) is 2.88. The Labute approximate surface area is 65.2 Å². The molecule has 4 nitrogen and oxygen atoms in total. The van der Waals surface area contributed by atoms with Crippen LogP contribution >= 0.6 is 0 Å². The maximum absolute atomic E-state index is 10.1. The third-order valence-electron chi connectivity index (χ3n) is 0.754. The number of hydrazone groups is 1. The molecule has 0 aliphatic heterocycles. The van der Waals surface area contributed by atoms with Crippen molar-refractivity contribution in [2.75, 3.05) is 0 Å². The van der Waals surface area contributed by atoms with Gasteiger partial charge >= 0.3 is 6.03 Å². The molecule has 11 heavy (non-hydrogen) atoms. The van der Waals surface area contributed by atoms with Gasteiger partial charge in [0.15, 0.2) is 0 Å². The third kappa shape index (κ3) is 6.12. The number of carbonyl (C=O) groups is 1. The number of primary amides is 1. The summed E-state index contributed by atoms with van der Waals surface area (Å²) in [7, 11) is 0. The first kappa shape index (κ1) is 9.24. The highest BCUT2D eigenvalue weighted by Crippen LogP contribution is 1.83. The number of urea groups is 1. The molecule has 0 aliphatic carbocycles. The molecule has 0 spiro atoms. The number of terminal acetylenes is 1. The van der Waals surface area contributed by atoms with Crippen LogP contribution in [0.3, 0.4) is 0 Å². The van der Waals surface area contributed by atoms with Crippen molar-refractivity contribution in [3.8, 4) is 12.3 Å². The summed E-state index contributed by atoms with van der Waals surface area (Å²) in [4.78, 5) is 10.1. The van der Waals surface area contributed by atoms with Gasteiger partial charge in [-0.3, -0.25) is 0 Å². The number of amides is 2. The van der Waals surface area contributed by atoms with Crippen molar-refractivity contribution in [3.63, 3.8) is 0 Å². The highest BCUT2D eigenvalue weighted by atomic mass is 16.2. The fourth-order valence-electron chi connectivity index (χ4n) is 0.366. The summed E-state index contributed by atoms with van der Waals surface area (Å²) >= 11 is 0. The minimum atomic E-state index is -0.699. The summed E-state index contributed by atoms with van der Waals surface area (Å²) in [6, 6.07) is -0.699. The van der Waals surface area contributed by atoms with Crippen LogP contribution in [0.1, 0.15) is 6.92 Å². The van der Waals surface area contributed by atoms with E-state index >= 15 is 0 Å². The highest BCUT2D eigenvalue weighted by Gasteiger charge is 1.83. The maximum Gasteiger partial charge on any atom is 0.332 e. The standard InChI is InChI=1S/C7H9N3O/c1-3-4-6(2)5-9-10-7(8)11/h1,4-5H,2H3,(H3,8,10,11)/b6-4+,9-5+. The molecule has 0 saturated carbocycles. The highest BCUT2D eigenvalue weighted by molar-refractivity contribution is 5.80. The second-order valence-electron chi connectivity index (χ2n) is 1.79. The zero-order valence-electron chi connectivity index (χ0n) is 6.16. The lowest BCUT2D eigenvalue weighted by Crippen LogP contribution is -2.24. The summed E-state index contributed by atoms with van der Waals surface area (Å²) in [5, 5.41) is 3.48. The Hall–Kier alpha value is -1.76. The first-order valence-corrected chi connectivity index (χ1v) is 2.88. The monoisotopic (exact) mass is 151 g/mol. The number of carbonyl (C=O) groups excluding carboxylic acids is 1. The Balaban J connectivity index is 3.86. The summed E-state index contributed by atoms with van der Waals surface area (Å²) < 4.78 is 0. The summed E-state index contributed by atoms with van der Waals surface area (Å²) in [6.45, 7) is 1.76. The van der Waals surface area contributed by atoms with Gasteiger partial charge in [0.05, 0.1) is 6.21 Å². The number of rotatable bonds is 2. The zero-order valence-corrected chi connectivity index (χ0v) is 6.16. The van der Waals surface area contributed by atoms with E-state index in [1.807, 2.05) is 5.43 Å². The molecule has 0 heterocycles. The number of nitrogens with two attached hydrogens (primary N) is 1. The zero-order chi connectivity index (χ0) is 8.69. The molecule has 58 valence electrons. The first-order chi connectivity index (χ1) is 5.16. The van der Waals surface area contributed by atoms with Gasteiger partial charge in [-0.15, -0.1) is 6.42 Å². The number of hydrogen-bond acceptors (Lipinski definition) is 2. The van der Waals surface area contributed by atoms with E-state index in [-0.39, 0.29) is 0 Å². The van der Waals surface area contributed by atoms with E-state index in [0.717, 1.165) is 5.57 Å². The van der Waals surface area contributed by atoms with E-state index in [4.69, 9.17) is 12.2 Å². The second kappa shape index (κ2) is 5.06. The molecule has 0 aromatic heterocycles. The summed E-state index contributed by atoms with van der Waals surface area (Å²) in [5.74, 6) is 2.31. The van der Waals surface area contributed by atoms with Crippen LogP contribution in [-0.4, -0.2) is 12.2 Å². The van der Waals surface area contributed by atoms with Crippen molar-refractivity contribution >= 4 is 12.2 Å². The summed E-state index contributed by atoms with van der Waals surface area (Å²) in [5.41, 5.74) is 7.53. The van der Waals surface area contributed by atoms with Crippen molar-refractivity contribution in [1.29, 1.82) is 0 Å². The Morgan fingerprint density at radius 2 is 2.45 bits per heavy atom. The predicted molar refractivity (Wildman–Crippen MR) is 43.8 cm³/mol. The molecule has 0 radical (unpaired) electrons. The topological polar surface area (TPSA) is 67.5 Å². The molecule has 0 aromatic carbocycles. The molecule has 0 fully saturated rings. The van der Waals surface area contributed by atoms with Crippen molar-refractivity contribution in [1.82, 2.24) is 5.43 Å². The lowest BCUT2D eigenvalue weighted by Gasteiger charge is -1.89. The van der Waals surface area contributed by atoms with E-state index in [0.29, 0.717) is 0 Å². The van der Waals surface area contributed by atoms with E-state index in [2.05, 4.69) is 11.0 Å². The number of nitrogens with zero attached hydrogens (tertiary/aromatic N) is 1. The minimum Gasteiger partial charge on any atom is -0.350 e. The minimum absolute atomic E-state index is 0.699. The number of nitrogens with one attached hydrogen (secondary N) is 1. The normalized spacial score (nSPS) is 11.1. The molecule has 0 aromatic rings. The van der Waals surface area contributed by atoms with Gasteiger partial charge in [0.2, 0.25) is 0 Å². The van der Waals surface area contributed by atoms with Crippen LogP contribution in [0, 0.1) is 12.3 Å². The Morgan fingerprint density at radius 3 is 2.91 bits per heavy atom. The van der Waals surface area contributed by atoms with Crippen molar-refractivity contribution in [3.05, 3.63) is 11.6 Å². The SMILES string of the molecule is C#C/C=C(C)/C=N/NC(N)=O. The Kier molecular flexibility index (Phi) is 4.25. The lowest BCUT2D eigenvalue weighted by atomic mass is 10.3. The largest absolute Gasteiger partial charge is 0.350 e. The molecule has 4 heteroatoms. The van der Waals surface area contributed by atoms with Crippen LogP contribution in [0.2, 0.25) is 0 Å². The average Bonchev–Trinajstić information content (AvgIpc) is 1.87. The van der Waals surface area contributed by atoms with Crippen molar-refractivity contribution in [2.24, 2.45) is 10.8 Å². The van der Waals surface area contributed by atoms with Gasteiger partial charge in [0.25, 0.3) is 0 Å². The van der Waals surface area contributed by atoms with Crippen molar-refractivity contribution < 1.29 is 4.79 Å². The lowest BCUT2D eigenvalue weighted by molar-refractivity contribution is 0.249. The van der Waals surface area contributed by atoms with Gasteiger partial charge in [0, 0.05) is 0 Å². The van der Waals surface area contributed by atoms with Crippen LogP contribution in [0.4, 0.5) is 4.79 Å². The molecular weight excluding hydrogens is 142 g/mol. The van der Waals surface area contributed by atoms with Crippen LogP contribution in [0.15, 0.2) is 16.8 Å². The van der Waals surface area contributed by atoms with Gasteiger partial charge < -0.3 is 5.73 Å². The van der Waals surface area contributed by atoms with Gasteiger partial charge in [-0.1, -0.05) is 5.92 Å². The molecule has 0 bridgehead atoms.